The summed E-state index contributed by atoms with van der Waals surface area (Å²) in [7, 11) is 0. The third-order valence-electron chi connectivity index (χ3n) is 10.8. The van der Waals surface area contributed by atoms with E-state index in [1.54, 1.807) is 6.92 Å². The van der Waals surface area contributed by atoms with Gasteiger partial charge in [-0.15, -0.1) is 0 Å². The predicted molar refractivity (Wildman–Crippen MR) is 128 cm³/mol. The highest BCUT2D eigenvalue weighted by atomic mass is 19.4. The van der Waals surface area contributed by atoms with Crippen LogP contribution in [-0.4, -0.2) is 51.7 Å². The number of alkyl halides is 6. The fourth-order valence-electron chi connectivity index (χ4n) is 8.52. The number of hydrogen-bond donors (Lipinski definition) is 4. The van der Waals surface area contributed by atoms with Gasteiger partial charge in [-0.1, -0.05) is 20.8 Å². The van der Waals surface area contributed by atoms with E-state index >= 15 is 0 Å². The van der Waals surface area contributed by atoms with Crippen LogP contribution in [0.1, 0.15) is 91.4 Å². The molecule has 0 spiro atoms. The lowest BCUT2D eigenvalue weighted by atomic mass is 9.49. The summed E-state index contributed by atoms with van der Waals surface area (Å²) >= 11 is 0. The van der Waals surface area contributed by atoms with Crippen LogP contribution in [0.3, 0.4) is 0 Å². The van der Waals surface area contributed by atoms with Gasteiger partial charge in [-0.05, 0) is 111 Å². The summed E-state index contributed by atoms with van der Waals surface area (Å²) in [6, 6.07) is 0. The van der Waals surface area contributed by atoms with E-state index in [4.69, 9.17) is 5.41 Å². The molecule has 7 atom stereocenters. The monoisotopic (exact) mass is 543 g/mol. The molecule has 0 aromatic rings. The highest BCUT2D eigenvalue weighted by Crippen LogP contribution is 2.65. The van der Waals surface area contributed by atoms with Crippen molar-refractivity contribution in [2.75, 3.05) is 0 Å². The van der Waals surface area contributed by atoms with Gasteiger partial charge in [0.1, 0.15) is 0 Å². The summed E-state index contributed by atoms with van der Waals surface area (Å²) in [6.07, 6.45) is -6.92. The van der Waals surface area contributed by atoms with Crippen LogP contribution >= 0.6 is 0 Å². The molecule has 10 heteroatoms. The maximum Gasteiger partial charge on any atom is 0.426 e. The highest BCUT2D eigenvalue weighted by Gasteiger charge is 2.70. The second kappa shape index (κ2) is 10.6. The fraction of sp³-hybridized carbons (Fsp3) is 0.963. The van der Waals surface area contributed by atoms with Crippen LogP contribution in [-0.2, 0) is 0 Å². The van der Waals surface area contributed by atoms with Gasteiger partial charge in [-0.2, -0.15) is 26.3 Å². The van der Waals surface area contributed by atoms with E-state index in [9.17, 15) is 41.7 Å². The standard InChI is InChI=1S/C27H43F6NO3/c1-16(6-13-25(37,26(28,29)30)27(31,32)33)20-4-5-22-19(14-18(36)15-34)21(9-12-24(20,22)3)23(2)10-7-17(35)8-11-23/h15-22,34-37H,4-14H2,1-3H3/t16?,17?,18-,19?,20?,21?,22?,23?,24?/m0/s1. The molecule has 0 saturated heterocycles. The predicted octanol–water partition coefficient (Wildman–Crippen LogP) is 6.66. The molecule has 0 bridgehead atoms. The Morgan fingerprint density at radius 3 is 2.00 bits per heavy atom. The molecular formula is C27H43F6NO3. The maximum atomic E-state index is 13.2. The smallest absolute Gasteiger partial charge is 0.393 e. The molecule has 0 aromatic carbocycles. The van der Waals surface area contributed by atoms with Crippen LogP contribution < -0.4 is 0 Å². The zero-order chi connectivity index (χ0) is 28.0. The molecule has 0 aromatic heterocycles. The SMILES string of the molecule is CC(CCC(O)(C(F)(F)F)C(F)(F)F)C1CCC2C(C[C@H](O)C=N)C(C3(C)CCC(O)CC3)CCC12C. The molecule has 4 N–H and O–H groups in total. The summed E-state index contributed by atoms with van der Waals surface area (Å²) in [5.41, 5.74) is -5.05. The van der Waals surface area contributed by atoms with Crippen molar-refractivity contribution in [3.63, 3.8) is 0 Å². The highest BCUT2D eigenvalue weighted by molar-refractivity contribution is 5.58. The molecule has 3 saturated carbocycles. The molecule has 0 radical (unpaired) electrons. The summed E-state index contributed by atoms with van der Waals surface area (Å²) in [5, 5.41) is 37.7. The summed E-state index contributed by atoms with van der Waals surface area (Å²) in [6.45, 7) is 6.03. The average Bonchev–Trinajstić information content (AvgIpc) is 3.15. The molecule has 3 aliphatic carbocycles. The molecule has 3 rings (SSSR count). The van der Waals surface area contributed by atoms with Crippen molar-refractivity contribution in [2.24, 2.45) is 40.4 Å². The number of aliphatic hydroxyl groups excluding tert-OH is 2. The van der Waals surface area contributed by atoms with Crippen molar-refractivity contribution in [3.8, 4) is 0 Å². The number of halogens is 6. The minimum absolute atomic E-state index is 0.0212. The normalized spacial score (nSPS) is 39.2. The number of fused-ring (bicyclic) bond motifs is 1. The Kier molecular flexibility index (Phi) is 8.79. The van der Waals surface area contributed by atoms with Gasteiger partial charge in [-0.25, -0.2) is 0 Å². The Morgan fingerprint density at radius 2 is 1.49 bits per heavy atom. The minimum Gasteiger partial charge on any atom is -0.393 e. The van der Waals surface area contributed by atoms with Crippen LogP contribution in [0.25, 0.3) is 0 Å². The molecule has 216 valence electrons. The van der Waals surface area contributed by atoms with E-state index in [1.807, 2.05) is 0 Å². The second-order valence-electron chi connectivity index (χ2n) is 12.8. The Morgan fingerprint density at radius 1 is 0.919 bits per heavy atom. The van der Waals surface area contributed by atoms with E-state index < -0.39 is 42.8 Å². The van der Waals surface area contributed by atoms with Crippen LogP contribution in [0, 0.1) is 45.8 Å². The van der Waals surface area contributed by atoms with E-state index in [2.05, 4.69) is 13.8 Å². The summed E-state index contributed by atoms with van der Waals surface area (Å²) in [4.78, 5) is 0. The van der Waals surface area contributed by atoms with Crippen LogP contribution in [0.2, 0.25) is 0 Å². The molecule has 37 heavy (non-hydrogen) atoms. The summed E-state index contributed by atoms with van der Waals surface area (Å²) < 4.78 is 79.4. The average molecular weight is 544 g/mol. The first-order chi connectivity index (χ1) is 16.9. The van der Waals surface area contributed by atoms with Crippen LogP contribution in [0.5, 0.6) is 0 Å². The first-order valence-corrected chi connectivity index (χ1v) is 13.6. The van der Waals surface area contributed by atoms with Crippen molar-refractivity contribution in [1.82, 2.24) is 0 Å². The Balaban J connectivity index is 1.82. The first-order valence-electron chi connectivity index (χ1n) is 13.6. The second-order valence-corrected chi connectivity index (χ2v) is 12.8. The Bertz CT molecular complexity index is 780. The quantitative estimate of drug-likeness (QED) is 0.204. The Labute approximate surface area is 215 Å². The molecule has 0 heterocycles. The van der Waals surface area contributed by atoms with E-state index in [1.165, 1.54) is 0 Å². The largest absolute Gasteiger partial charge is 0.426 e. The van der Waals surface area contributed by atoms with Gasteiger partial charge in [0.05, 0.1) is 12.2 Å². The number of rotatable bonds is 8. The van der Waals surface area contributed by atoms with E-state index in [0.717, 1.165) is 51.2 Å². The van der Waals surface area contributed by atoms with Gasteiger partial charge >= 0.3 is 12.4 Å². The fourth-order valence-corrected chi connectivity index (χ4v) is 8.52. The molecule has 3 aliphatic rings. The van der Waals surface area contributed by atoms with Crippen molar-refractivity contribution >= 4 is 6.21 Å². The van der Waals surface area contributed by atoms with E-state index in [-0.39, 0.29) is 40.6 Å². The molecular weight excluding hydrogens is 500 g/mol. The van der Waals surface area contributed by atoms with Crippen LogP contribution in [0.4, 0.5) is 26.3 Å². The zero-order valence-corrected chi connectivity index (χ0v) is 22.0. The van der Waals surface area contributed by atoms with Crippen LogP contribution in [0.15, 0.2) is 0 Å². The number of aliphatic hydroxyl groups is 3. The van der Waals surface area contributed by atoms with Crippen molar-refractivity contribution in [2.45, 2.75) is 122 Å². The lowest BCUT2D eigenvalue weighted by molar-refractivity contribution is -0.370. The van der Waals surface area contributed by atoms with E-state index in [0.29, 0.717) is 12.8 Å². The lowest BCUT2D eigenvalue weighted by Gasteiger charge is -2.56. The molecule has 6 unspecified atom stereocenters. The number of nitrogens with one attached hydrogen (secondary N) is 1. The van der Waals surface area contributed by atoms with Crippen molar-refractivity contribution < 1.29 is 41.7 Å². The number of hydrogen-bond acceptors (Lipinski definition) is 4. The van der Waals surface area contributed by atoms with Crippen molar-refractivity contribution in [3.05, 3.63) is 0 Å². The van der Waals surface area contributed by atoms with Gasteiger partial charge in [0.2, 0.25) is 0 Å². The van der Waals surface area contributed by atoms with Gasteiger partial charge in [0.15, 0.2) is 0 Å². The zero-order valence-electron chi connectivity index (χ0n) is 22.0. The molecule has 0 aliphatic heterocycles. The third-order valence-corrected chi connectivity index (χ3v) is 10.8. The van der Waals surface area contributed by atoms with Gasteiger partial charge in [0, 0.05) is 6.21 Å². The Hall–Kier alpha value is -0.870. The third kappa shape index (κ3) is 5.72. The van der Waals surface area contributed by atoms with Gasteiger partial charge < -0.3 is 20.7 Å². The lowest BCUT2D eigenvalue weighted by Crippen LogP contribution is -2.57. The molecule has 3 fully saturated rings. The topological polar surface area (TPSA) is 84.5 Å². The molecule has 4 nitrogen and oxygen atoms in total. The summed E-state index contributed by atoms with van der Waals surface area (Å²) in [5.74, 6) is -0.0558. The minimum atomic E-state index is -5.80. The van der Waals surface area contributed by atoms with Crippen molar-refractivity contribution in [1.29, 1.82) is 5.41 Å². The first kappa shape index (κ1) is 30.7. The van der Waals surface area contributed by atoms with Gasteiger partial charge in [0.25, 0.3) is 5.60 Å². The maximum absolute atomic E-state index is 13.2. The molecule has 0 amide bonds. The van der Waals surface area contributed by atoms with Gasteiger partial charge in [-0.3, -0.25) is 0 Å².